The predicted octanol–water partition coefficient (Wildman–Crippen LogP) is 3.95. The maximum Gasteiger partial charge on any atom is 0.270 e. The van der Waals surface area contributed by atoms with Crippen LogP contribution < -0.4 is 4.90 Å². The van der Waals surface area contributed by atoms with Gasteiger partial charge in [0, 0.05) is 31.8 Å². The van der Waals surface area contributed by atoms with Crippen LogP contribution in [-0.2, 0) is 10.0 Å². The number of hydrogen-bond donors (Lipinski definition) is 0. The molecule has 2 aromatic rings. The smallest absolute Gasteiger partial charge is 0.270 e. The van der Waals surface area contributed by atoms with Crippen molar-refractivity contribution in [2.45, 2.75) is 43.5 Å². The predicted molar refractivity (Wildman–Crippen MR) is 108 cm³/mol. The average molecular weight is 420 g/mol. The minimum Gasteiger partial charge on any atom is -0.467 e. The molecule has 29 heavy (non-hydrogen) atoms. The second kappa shape index (κ2) is 7.79. The molecule has 1 aromatic carbocycles. The van der Waals surface area contributed by atoms with E-state index in [0.717, 1.165) is 31.4 Å². The van der Waals surface area contributed by atoms with Crippen LogP contribution >= 0.6 is 0 Å². The van der Waals surface area contributed by atoms with Crippen molar-refractivity contribution >= 4 is 21.4 Å². The van der Waals surface area contributed by atoms with E-state index in [4.69, 9.17) is 4.42 Å². The molecule has 0 bridgehead atoms. The third-order valence-corrected chi connectivity index (χ3v) is 7.81. The Labute approximate surface area is 170 Å². The van der Waals surface area contributed by atoms with E-state index in [9.17, 15) is 18.5 Å². The summed E-state index contributed by atoms with van der Waals surface area (Å²) >= 11 is 0. The summed E-state index contributed by atoms with van der Waals surface area (Å²) in [5.41, 5.74) is 0.294. The van der Waals surface area contributed by atoms with Crippen molar-refractivity contribution in [3.8, 4) is 0 Å². The molecular formula is C20H25N3O5S. The van der Waals surface area contributed by atoms with Gasteiger partial charge in [0.1, 0.15) is 10.7 Å². The van der Waals surface area contributed by atoms with Crippen molar-refractivity contribution < 1.29 is 17.8 Å². The second-order valence-corrected chi connectivity index (χ2v) is 9.78. The number of nitro benzene ring substituents is 1. The Kier molecular flexibility index (Phi) is 5.35. The van der Waals surface area contributed by atoms with E-state index in [2.05, 4.69) is 6.92 Å². The van der Waals surface area contributed by atoms with Crippen molar-refractivity contribution in [2.75, 3.05) is 24.5 Å². The standard InChI is InChI=1S/C20H25N3O5S/c1-15-8-11-22(18(13-15)19-5-4-12-28-19)17-7-6-16(23(24)25)14-20(17)29(26,27)21-9-2-3-10-21/h4-7,12,14-15,18H,2-3,8-11,13H2,1H3. The van der Waals surface area contributed by atoms with E-state index in [-0.39, 0.29) is 16.6 Å². The number of piperidine rings is 1. The Bertz CT molecular complexity index is 984. The van der Waals surface area contributed by atoms with Crippen LogP contribution in [0.2, 0.25) is 0 Å². The van der Waals surface area contributed by atoms with Crippen LogP contribution in [0.4, 0.5) is 11.4 Å². The normalized spacial score (nSPS) is 23.4. The van der Waals surface area contributed by atoms with Crippen molar-refractivity contribution in [1.29, 1.82) is 0 Å². The van der Waals surface area contributed by atoms with Gasteiger partial charge in [-0.25, -0.2) is 8.42 Å². The quantitative estimate of drug-likeness (QED) is 0.538. The van der Waals surface area contributed by atoms with Crippen LogP contribution in [0.15, 0.2) is 45.9 Å². The topological polar surface area (TPSA) is 96.9 Å². The SMILES string of the molecule is CC1CCN(c2ccc([N+](=O)[O-])cc2S(=O)(=O)N2CCCC2)C(c2ccco2)C1. The van der Waals surface area contributed by atoms with E-state index < -0.39 is 14.9 Å². The van der Waals surface area contributed by atoms with Gasteiger partial charge in [0.25, 0.3) is 5.69 Å². The lowest BCUT2D eigenvalue weighted by Crippen LogP contribution is -2.38. The summed E-state index contributed by atoms with van der Waals surface area (Å²) in [4.78, 5) is 12.9. The van der Waals surface area contributed by atoms with Gasteiger partial charge in [-0.2, -0.15) is 4.31 Å². The molecule has 0 spiro atoms. The molecule has 0 aliphatic carbocycles. The van der Waals surface area contributed by atoms with Gasteiger partial charge in [0.15, 0.2) is 0 Å². The van der Waals surface area contributed by atoms with Gasteiger partial charge in [0.05, 0.1) is 22.9 Å². The number of furan rings is 1. The van der Waals surface area contributed by atoms with Crippen LogP contribution in [0.5, 0.6) is 0 Å². The van der Waals surface area contributed by atoms with E-state index in [1.807, 2.05) is 17.0 Å². The molecule has 2 aliphatic rings. The van der Waals surface area contributed by atoms with Crippen molar-refractivity contribution in [3.63, 3.8) is 0 Å². The maximum absolute atomic E-state index is 13.4. The molecule has 1 aromatic heterocycles. The van der Waals surface area contributed by atoms with Crippen LogP contribution in [0.25, 0.3) is 0 Å². The molecule has 2 unspecified atom stereocenters. The Morgan fingerprint density at radius 2 is 1.93 bits per heavy atom. The van der Waals surface area contributed by atoms with Crippen molar-refractivity contribution in [2.24, 2.45) is 5.92 Å². The molecule has 2 saturated heterocycles. The minimum absolute atomic E-state index is 0.0136. The summed E-state index contributed by atoms with van der Waals surface area (Å²) in [6, 6.07) is 7.78. The molecule has 156 valence electrons. The van der Waals surface area contributed by atoms with Gasteiger partial charge < -0.3 is 9.32 Å². The minimum atomic E-state index is -3.82. The number of nitro groups is 1. The first-order chi connectivity index (χ1) is 13.9. The summed E-state index contributed by atoms with van der Waals surface area (Å²) in [7, 11) is -3.82. The van der Waals surface area contributed by atoms with Gasteiger partial charge in [-0.15, -0.1) is 0 Å². The summed E-state index contributed by atoms with van der Waals surface area (Å²) in [6.45, 7) is 3.73. The first-order valence-electron chi connectivity index (χ1n) is 9.96. The zero-order valence-electron chi connectivity index (χ0n) is 16.4. The first kappa shape index (κ1) is 19.9. The zero-order chi connectivity index (χ0) is 20.6. The third kappa shape index (κ3) is 3.76. The fourth-order valence-electron chi connectivity index (χ4n) is 4.31. The number of hydrogen-bond acceptors (Lipinski definition) is 6. The van der Waals surface area contributed by atoms with Crippen LogP contribution in [0, 0.1) is 16.0 Å². The fourth-order valence-corrected chi connectivity index (χ4v) is 6.04. The zero-order valence-corrected chi connectivity index (χ0v) is 17.2. The van der Waals surface area contributed by atoms with E-state index in [1.54, 1.807) is 12.3 Å². The van der Waals surface area contributed by atoms with Crippen LogP contribution in [0.1, 0.15) is 44.4 Å². The second-order valence-electron chi connectivity index (χ2n) is 7.87. The highest BCUT2D eigenvalue weighted by atomic mass is 32.2. The molecule has 2 fully saturated rings. The molecule has 0 radical (unpaired) electrons. The van der Waals surface area contributed by atoms with Gasteiger partial charge >= 0.3 is 0 Å². The van der Waals surface area contributed by atoms with Crippen LogP contribution in [0.3, 0.4) is 0 Å². The number of rotatable bonds is 5. The molecule has 2 atom stereocenters. The molecule has 8 nitrogen and oxygen atoms in total. The largest absolute Gasteiger partial charge is 0.467 e. The molecular weight excluding hydrogens is 394 g/mol. The molecule has 0 amide bonds. The number of benzene rings is 1. The molecule has 9 heteroatoms. The van der Waals surface area contributed by atoms with Gasteiger partial charge in [-0.1, -0.05) is 6.92 Å². The van der Waals surface area contributed by atoms with E-state index >= 15 is 0 Å². The lowest BCUT2D eigenvalue weighted by molar-refractivity contribution is -0.385. The first-order valence-corrected chi connectivity index (χ1v) is 11.4. The van der Waals surface area contributed by atoms with Gasteiger partial charge in [-0.3, -0.25) is 10.1 Å². The van der Waals surface area contributed by atoms with Gasteiger partial charge in [-0.05, 0) is 49.8 Å². The Morgan fingerprint density at radius 3 is 2.59 bits per heavy atom. The lowest BCUT2D eigenvalue weighted by atomic mass is 9.90. The molecule has 2 aliphatic heterocycles. The maximum atomic E-state index is 13.4. The number of nitrogens with zero attached hydrogens (tertiary/aromatic N) is 3. The molecule has 0 N–H and O–H groups in total. The molecule has 0 saturated carbocycles. The van der Waals surface area contributed by atoms with E-state index in [1.165, 1.54) is 16.4 Å². The summed E-state index contributed by atoms with van der Waals surface area (Å²) in [5.74, 6) is 1.25. The number of anilines is 1. The fraction of sp³-hybridized carbons (Fsp3) is 0.500. The highest BCUT2D eigenvalue weighted by Gasteiger charge is 2.36. The number of non-ortho nitro benzene ring substituents is 1. The highest BCUT2D eigenvalue weighted by Crippen LogP contribution is 2.42. The number of sulfonamides is 1. The lowest BCUT2D eigenvalue weighted by Gasteiger charge is -2.40. The monoisotopic (exact) mass is 419 g/mol. The summed E-state index contributed by atoms with van der Waals surface area (Å²) < 4.78 is 33.9. The van der Waals surface area contributed by atoms with Crippen molar-refractivity contribution in [1.82, 2.24) is 4.31 Å². The third-order valence-electron chi connectivity index (χ3n) is 5.88. The molecule has 4 rings (SSSR count). The Balaban J connectivity index is 1.83. The van der Waals surface area contributed by atoms with E-state index in [0.29, 0.717) is 31.2 Å². The Morgan fingerprint density at radius 1 is 1.17 bits per heavy atom. The molecule has 3 heterocycles. The van der Waals surface area contributed by atoms with Gasteiger partial charge in [0.2, 0.25) is 10.0 Å². The highest BCUT2D eigenvalue weighted by molar-refractivity contribution is 7.89. The average Bonchev–Trinajstić information content (AvgIpc) is 3.41. The summed E-state index contributed by atoms with van der Waals surface area (Å²) in [5, 5.41) is 11.4. The van der Waals surface area contributed by atoms with Crippen molar-refractivity contribution in [3.05, 3.63) is 52.5 Å². The van der Waals surface area contributed by atoms with Crippen LogP contribution in [-0.4, -0.2) is 37.3 Å². The Hall–Kier alpha value is -2.39. The summed E-state index contributed by atoms with van der Waals surface area (Å²) in [6.07, 6.45) is 4.97.